The summed E-state index contributed by atoms with van der Waals surface area (Å²) < 4.78 is 6.02. The van der Waals surface area contributed by atoms with E-state index in [0.717, 1.165) is 48.3 Å². The molecule has 0 aliphatic heterocycles. The summed E-state index contributed by atoms with van der Waals surface area (Å²) in [6.45, 7) is 10.3. The molecule has 0 radical (unpaired) electrons. The first-order valence-electron chi connectivity index (χ1n) is 11.3. The highest BCUT2D eigenvalue weighted by atomic mass is 79.9. The van der Waals surface area contributed by atoms with Gasteiger partial charge in [0.25, 0.3) is 0 Å². The molecule has 0 spiro atoms. The molecule has 0 atom stereocenters. The molecule has 8 nitrogen and oxygen atoms in total. The van der Waals surface area contributed by atoms with Crippen LogP contribution in [-0.4, -0.2) is 65.8 Å². The molecule has 3 aromatic rings. The Bertz CT molecular complexity index is 1070. The van der Waals surface area contributed by atoms with Crippen molar-refractivity contribution in [1.29, 1.82) is 0 Å². The van der Waals surface area contributed by atoms with Crippen LogP contribution in [0.25, 0.3) is 22.4 Å². The number of nitrogens with zero attached hydrogens (tertiary/aromatic N) is 5. The molecule has 0 unspecified atom stereocenters. The number of amides is 1. The molecule has 0 fully saturated rings. The van der Waals surface area contributed by atoms with E-state index in [2.05, 4.69) is 49.9 Å². The van der Waals surface area contributed by atoms with E-state index in [0.29, 0.717) is 22.7 Å². The quantitative estimate of drug-likeness (QED) is 0.398. The third-order valence-electron chi connectivity index (χ3n) is 5.42. The number of hydrogen-bond acceptors (Lipinski definition) is 7. The number of nitrogens with one attached hydrogen (secondary N) is 1. The van der Waals surface area contributed by atoms with E-state index in [1.807, 2.05) is 37.4 Å². The molecule has 0 aliphatic carbocycles. The summed E-state index contributed by atoms with van der Waals surface area (Å²) in [5, 5.41) is 2.71. The van der Waals surface area contributed by atoms with E-state index >= 15 is 0 Å². The smallest absolute Gasteiger partial charge is 0.412 e. The summed E-state index contributed by atoms with van der Waals surface area (Å²) in [5.41, 5.74) is 3.67. The van der Waals surface area contributed by atoms with E-state index in [9.17, 15) is 4.79 Å². The first kappa shape index (κ1) is 24.9. The zero-order chi connectivity index (χ0) is 23.8. The van der Waals surface area contributed by atoms with Gasteiger partial charge in [-0.15, -0.1) is 0 Å². The Morgan fingerprint density at radius 1 is 1.09 bits per heavy atom. The molecule has 1 N–H and O–H groups in total. The van der Waals surface area contributed by atoms with Crippen LogP contribution in [0.15, 0.2) is 41.0 Å². The molecular weight excluding hydrogens is 484 g/mol. The van der Waals surface area contributed by atoms with Crippen molar-refractivity contribution in [2.24, 2.45) is 0 Å². The summed E-state index contributed by atoms with van der Waals surface area (Å²) in [6.07, 6.45) is 2.22. The lowest BCUT2D eigenvalue weighted by Crippen LogP contribution is -2.28. The summed E-state index contributed by atoms with van der Waals surface area (Å²) in [5.74, 6) is 0.383. The Morgan fingerprint density at radius 3 is 2.48 bits per heavy atom. The first-order chi connectivity index (χ1) is 15.9. The minimum Gasteiger partial charge on any atom is -0.450 e. The number of aromatic nitrogens is 3. The number of ether oxygens (including phenoxy) is 1. The van der Waals surface area contributed by atoms with Crippen LogP contribution >= 0.6 is 15.9 Å². The Morgan fingerprint density at radius 2 is 1.82 bits per heavy atom. The number of hydrogen-bond donors (Lipinski definition) is 1. The Kier molecular flexibility index (Phi) is 8.96. The van der Waals surface area contributed by atoms with Gasteiger partial charge in [-0.3, -0.25) is 5.32 Å². The van der Waals surface area contributed by atoms with Crippen molar-refractivity contribution < 1.29 is 9.53 Å². The van der Waals surface area contributed by atoms with Crippen LogP contribution in [0.2, 0.25) is 0 Å². The maximum Gasteiger partial charge on any atom is 0.412 e. The van der Waals surface area contributed by atoms with E-state index in [1.54, 1.807) is 13.1 Å². The molecule has 1 amide bonds. The van der Waals surface area contributed by atoms with Crippen LogP contribution < -0.4 is 10.2 Å². The highest BCUT2D eigenvalue weighted by molar-refractivity contribution is 9.10. The van der Waals surface area contributed by atoms with E-state index in [4.69, 9.17) is 14.7 Å². The second-order valence-corrected chi connectivity index (χ2v) is 8.52. The van der Waals surface area contributed by atoms with Crippen molar-refractivity contribution in [2.75, 3.05) is 50.1 Å². The lowest BCUT2D eigenvalue weighted by atomic mass is 10.1. The topological polar surface area (TPSA) is 83.5 Å². The summed E-state index contributed by atoms with van der Waals surface area (Å²) >= 11 is 3.46. The van der Waals surface area contributed by atoms with Gasteiger partial charge in [0.2, 0.25) is 0 Å². The number of fused-ring (bicyclic) bond motifs is 1. The second kappa shape index (κ2) is 11.9. The van der Waals surface area contributed by atoms with Crippen LogP contribution in [0.3, 0.4) is 0 Å². The zero-order valence-corrected chi connectivity index (χ0v) is 21.2. The third-order valence-corrected chi connectivity index (χ3v) is 5.94. The number of carbonyl (C=O) groups is 1. The molecule has 33 heavy (non-hydrogen) atoms. The largest absolute Gasteiger partial charge is 0.450 e. The molecule has 0 saturated carbocycles. The fraction of sp³-hybridized carbons (Fsp3) is 0.417. The number of rotatable bonds is 10. The molecule has 176 valence electrons. The molecule has 2 aromatic heterocycles. The predicted octanol–water partition coefficient (Wildman–Crippen LogP) is 5.19. The van der Waals surface area contributed by atoms with Gasteiger partial charge >= 0.3 is 6.09 Å². The van der Waals surface area contributed by atoms with Crippen molar-refractivity contribution in [3.63, 3.8) is 0 Å². The molecule has 3 rings (SSSR count). The third kappa shape index (κ3) is 6.61. The average Bonchev–Trinajstić information content (AvgIpc) is 2.81. The average molecular weight is 515 g/mol. The molecule has 0 bridgehead atoms. The standard InChI is InChI=1S/C24H31BrN6O2/c1-5-31(6-2)14-8-13-30(4)20-15-21(29-24(32)33-7-3)28-23-22(20)26-16-19(27-23)17-9-11-18(25)12-10-17/h9-12,15-16H,5-8,13-14H2,1-4H3,(H,27,28,29,32). The monoisotopic (exact) mass is 514 g/mol. The Labute approximate surface area is 203 Å². The van der Waals surface area contributed by atoms with Gasteiger partial charge in [0.05, 0.1) is 24.2 Å². The Balaban J connectivity index is 1.95. The zero-order valence-electron chi connectivity index (χ0n) is 19.6. The highest BCUT2D eigenvalue weighted by Gasteiger charge is 2.15. The van der Waals surface area contributed by atoms with Crippen LogP contribution in [0.4, 0.5) is 16.3 Å². The Hall–Kier alpha value is -2.78. The summed E-state index contributed by atoms with van der Waals surface area (Å²) in [6, 6.07) is 9.69. The summed E-state index contributed by atoms with van der Waals surface area (Å²) in [7, 11) is 2.02. The fourth-order valence-electron chi connectivity index (χ4n) is 3.56. The first-order valence-corrected chi connectivity index (χ1v) is 12.0. The normalized spacial score (nSPS) is 11.1. The number of halogens is 1. The number of anilines is 2. The van der Waals surface area contributed by atoms with Crippen LogP contribution in [0.5, 0.6) is 0 Å². The molecule has 9 heteroatoms. The molecule has 1 aromatic carbocycles. The van der Waals surface area contributed by atoms with Gasteiger partial charge in [-0.25, -0.2) is 19.7 Å². The SMILES string of the molecule is CCOC(=O)Nc1cc(N(C)CCCN(CC)CC)c2ncc(-c3ccc(Br)cc3)nc2n1. The van der Waals surface area contributed by atoms with Gasteiger partial charge in [0.1, 0.15) is 11.3 Å². The molecule has 0 aliphatic rings. The van der Waals surface area contributed by atoms with Gasteiger partial charge in [-0.1, -0.05) is 41.9 Å². The number of carbonyl (C=O) groups excluding carboxylic acids is 1. The van der Waals surface area contributed by atoms with Crippen LogP contribution in [0, 0.1) is 0 Å². The van der Waals surface area contributed by atoms with Crippen LogP contribution in [0.1, 0.15) is 27.2 Å². The fourth-order valence-corrected chi connectivity index (χ4v) is 3.82. The van der Waals surface area contributed by atoms with Gasteiger partial charge in [0.15, 0.2) is 5.65 Å². The van der Waals surface area contributed by atoms with Crippen molar-refractivity contribution >= 4 is 44.7 Å². The van der Waals surface area contributed by atoms with Crippen LogP contribution in [-0.2, 0) is 4.74 Å². The molecule has 2 heterocycles. The highest BCUT2D eigenvalue weighted by Crippen LogP contribution is 2.28. The minimum atomic E-state index is -0.545. The van der Waals surface area contributed by atoms with Crippen molar-refractivity contribution in [3.05, 3.63) is 41.0 Å². The predicted molar refractivity (Wildman–Crippen MR) is 137 cm³/mol. The van der Waals surface area contributed by atoms with Crippen molar-refractivity contribution in [1.82, 2.24) is 19.9 Å². The van der Waals surface area contributed by atoms with Gasteiger partial charge < -0.3 is 14.5 Å². The second-order valence-electron chi connectivity index (χ2n) is 7.61. The molecular formula is C24H31BrN6O2. The van der Waals surface area contributed by atoms with E-state index in [1.165, 1.54) is 0 Å². The van der Waals surface area contributed by atoms with Gasteiger partial charge in [-0.2, -0.15) is 0 Å². The maximum atomic E-state index is 12.0. The summed E-state index contributed by atoms with van der Waals surface area (Å²) in [4.78, 5) is 30.6. The lowest BCUT2D eigenvalue weighted by Gasteiger charge is -2.23. The van der Waals surface area contributed by atoms with Gasteiger partial charge in [-0.05, 0) is 45.1 Å². The van der Waals surface area contributed by atoms with E-state index < -0.39 is 6.09 Å². The number of pyridine rings is 1. The van der Waals surface area contributed by atoms with Crippen molar-refractivity contribution in [2.45, 2.75) is 27.2 Å². The minimum absolute atomic E-state index is 0.283. The lowest BCUT2D eigenvalue weighted by molar-refractivity contribution is 0.168. The van der Waals surface area contributed by atoms with Gasteiger partial charge in [0, 0.05) is 29.7 Å². The van der Waals surface area contributed by atoms with E-state index in [-0.39, 0.29) is 6.61 Å². The van der Waals surface area contributed by atoms with Crippen molar-refractivity contribution in [3.8, 4) is 11.3 Å². The maximum absolute atomic E-state index is 12.0. The molecule has 0 saturated heterocycles. The number of benzene rings is 1.